The topological polar surface area (TPSA) is 89.2 Å². The zero-order chi connectivity index (χ0) is 15.8. The Balaban J connectivity index is 0.00000264. The van der Waals surface area contributed by atoms with Crippen molar-refractivity contribution in [3.05, 3.63) is 71.8 Å². The molecule has 0 saturated carbocycles. The summed E-state index contributed by atoms with van der Waals surface area (Å²) in [5.74, 6) is -0.720. The number of carbonyl (C=O) groups is 1. The summed E-state index contributed by atoms with van der Waals surface area (Å²) in [6, 6.07) is 17.6. The Labute approximate surface area is 141 Å². The lowest BCUT2D eigenvalue weighted by molar-refractivity contribution is -0.873. The average Bonchev–Trinajstić information content (AvgIpc) is 2.59. The quantitative estimate of drug-likeness (QED) is 0.379. The van der Waals surface area contributed by atoms with Crippen molar-refractivity contribution in [1.82, 2.24) is 0 Å². The van der Waals surface area contributed by atoms with Crippen molar-refractivity contribution in [2.75, 3.05) is 13.1 Å². The van der Waals surface area contributed by atoms with Crippen LogP contribution in [0.3, 0.4) is 0 Å². The van der Waals surface area contributed by atoms with Gasteiger partial charge in [0.05, 0.1) is 0 Å². The number of quaternary nitrogens is 1. The molecule has 0 unspecified atom stereocenters. The molecule has 0 spiro atoms. The van der Waals surface area contributed by atoms with Crippen LogP contribution in [-0.4, -0.2) is 24.2 Å². The van der Waals surface area contributed by atoms with Gasteiger partial charge in [-0.15, -0.1) is 0 Å². The molecule has 0 amide bonds. The molecule has 0 aromatic heterocycles. The number of rotatable bonds is 7. The standard InChI is InChI=1S/C17H20N2O3.ClH/c18-12-7-13-19-22-16(20)17(21,14-8-3-1-4-9-14)15-10-5-2-6-11-15;/h1-6,8-11,19,21H,7,12-13,18H2;1H. The number of hydroxylamine groups is 1. The van der Waals surface area contributed by atoms with Gasteiger partial charge in [-0.1, -0.05) is 60.7 Å². The van der Waals surface area contributed by atoms with Gasteiger partial charge in [0.25, 0.3) is 0 Å². The maximum atomic E-state index is 12.5. The number of hydrogen-bond acceptors (Lipinski definition) is 4. The Hall–Kier alpha value is -1.92. The SMILES string of the molecule is NCCC[NH2+]OC(=O)C(O)(c1ccccc1)c1ccccc1.[Cl-]. The fourth-order valence-electron chi connectivity index (χ4n) is 2.18. The van der Waals surface area contributed by atoms with Crippen LogP contribution in [0.2, 0.25) is 0 Å². The first-order valence-electron chi connectivity index (χ1n) is 7.26. The highest BCUT2D eigenvalue weighted by Crippen LogP contribution is 2.30. The highest BCUT2D eigenvalue weighted by Gasteiger charge is 2.43. The van der Waals surface area contributed by atoms with Crippen LogP contribution in [0, 0.1) is 0 Å². The lowest BCUT2D eigenvalue weighted by atomic mass is 9.86. The van der Waals surface area contributed by atoms with E-state index in [4.69, 9.17) is 10.6 Å². The zero-order valence-electron chi connectivity index (χ0n) is 12.7. The summed E-state index contributed by atoms with van der Waals surface area (Å²) in [4.78, 5) is 17.6. The van der Waals surface area contributed by atoms with E-state index in [9.17, 15) is 9.90 Å². The first kappa shape index (κ1) is 19.1. The fraction of sp³-hybridized carbons (Fsp3) is 0.235. The molecule has 2 aromatic rings. The molecule has 0 aliphatic rings. The average molecular weight is 337 g/mol. The van der Waals surface area contributed by atoms with E-state index in [2.05, 4.69) is 0 Å². The molecule has 0 aliphatic heterocycles. The monoisotopic (exact) mass is 336 g/mol. The number of aliphatic hydroxyl groups is 1. The van der Waals surface area contributed by atoms with Crippen molar-refractivity contribution in [1.29, 1.82) is 0 Å². The smallest absolute Gasteiger partial charge is 0.406 e. The molecule has 0 radical (unpaired) electrons. The number of hydrogen-bond donors (Lipinski definition) is 3. The van der Waals surface area contributed by atoms with Crippen molar-refractivity contribution in [2.24, 2.45) is 5.73 Å². The number of benzene rings is 2. The second-order valence-corrected chi connectivity index (χ2v) is 4.95. The van der Waals surface area contributed by atoms with E-state index < -0.39 is 11.6 Å². The zero-order valence-corrected chi connectivity index (χ0v) is 13.4. The van der Waals surface area contributed by atoms with Gasteiger partial charge in [0.1, 0.15) is 6.54 Å². The van der Waals surface area contributed by atoms with Crippen molar-refractivity contribution < 1.29 is 32.6 Å². The van der Waals surface area contributed by atoms with Crippen molar-refractivity contribution in [3.63, 3.8) is 0 Å². The van der Waals surface area contributed by atoms with Crippen molar-refractivity contribution in [2.45, 2.75) is 12.0 Å². The molecule has 5 N–H and O–H groups in total. The fourth-order valence-corrected chi connectivity index (χ4v) is 2.18. The van der Waals surface area contributed by atoms with E-state index in [0.717, 1.165) is 6.42 Å². The van der Waals surface area contributed by atoms with Crippen LogP contribution in [0.5, 0.6) is 0 Å². The highest BCUT2D eigenvalue weighted by atomic mass is 35.5. The Morgan fingerprint density at radius 3 is 1.96 bits per heavy atom. The van der Waals surface area contributed by atoms with Crippen LogP contribution in [0.1, 0.15) is 17.5 Å². The summed E-state index contributed by atoms with van der Waals surface area (Å²) in [5.41, 5.74) is 5.91. The molecule has 5 nitrogen and oxygen atoms in total. The molecule has 0 atom stereocenters. The van der Waals surface area contributed by atoms with Gasteiger partial charge in [-0.2, -0.15) is 5.48 Å². The maximum absolute atomic E-state index is 12.5. The summed E-state index contributed by atoms with van der Waals surface area (Å²) in [7, 11) is 0. The number of carbonyl (C=O) groups excluding carboxylic acids is 1. The number of halogens is 1. The van der Waals surface area contributed by atoms with Crippen LogP contribution in [-0.2, 0) is 15.2 Å². The summed E-state index contributed by atoms with van der Waals surface area (Å²) in [5, 5.41) is 11.1. The van der Waals surface area contributed by atoms with Gasteiger partial charge in [0, 0.05) is 6.42 Å². The number of nitrogens with two attached hydrogens (primary N) is 2. The Kier molecular flexibility index (Phi) is 7.71. The van der Waals surface area contributed by atoms with Gasteiger partial charge in [0.15, 0.2) is 0 Å². The predicted octanol–water partition coefficient (Wildman–Crippen LogP) is -2.70. The van der Waals surface area contributed by atoms with Crippen LogP contribution in [0.25, 0.3) is 0 Å². The molecule has 0 bridgehead atoms. The normalized spacial score (nSPS) is 10.7. The lowest BCUT2D eigenvalue weighted by Gasteiger charge is -2.25. The Morgan fingerprint density at radius 2 is 1.52 bits per heavy atom. The molecule has 23 heavy (non-hydrogen) atoms. The summed E-state index contributed by atoms with van der Waals surface area (Å²) < 4.78 is 0. The van der Waals surface area contributed by atoms with Gasteiger partial charge in [-0.05, 0) is 17.7 Å². The third-order valence-electron chi connectivity index (χ3n) is 3.40. The van der Waals surface area contributed by atoms with Crippen LogP contribution >= 0.6 is 0 Å². The predicted molar refractivity (Wildman–Crippen MR) is 82.4 cm³/mol. The minimum Gasteiger partial charge on any atom is -1.00 e. The Bertz CT molecular complexity index is 554. The molecule has 2 rings (SSSR count). The van der Waals surface area contributed by atoms with Crippen molar-refractivity contribution in [3.8, 4) is 0 Å². The Morgan fingerprint density at radius 1 is 1.04 bits per heavy atom. The molecule has 0 fully saturated rings. The summed E-state index contributed by atoms with van der Waals surface area (Å²) >= 11 is 0. The van der Waals surface area contributed by atoms with Gasteiger partial charge in [-0.3, -0.25) is 4.84 Å². The van der Waals surface area contributed by atoms with Crippen molar-refractivity contribution >= 4 is 5.97 Å². The van der Waals surface area contributed by atoms with E-state index >= 15 is 0 Å². The van der Waals surface area contributed by atoms with E-state index in [1.54, 1.807) is 48.5 Å². The second-order valence-electron chi connectivity index (χ2n) is 4.95. The molecular formula is C17H21ClN2O3. The lowest BCUT2D eigenvalue weighted by Crippen LogP contribution is -3.00. The summed E-state index contributed by atoms with van der Waals surface area (Å²) in [6.45, 7) is 1.08. The third kappa shape index (κ3) is 4.53. The van der Waals surface area contributed by atoms with Gasteiger partial charge in [-0.25, -0.2) is 4.79 Å². The molecule has 0 aliphatic carbocycles. The summed E-state index contributed by atoms with van der Waals surface area (Å²) in [6.07, 6.45) is 0.725. The van der Waals surface area contributed by atoms with Crippen LogP contribution < -0.4 is 23.6 Å². The van der Waals surface area contributed by atoms with Crippen LogP contribution in [0.4, 0.5) is 0 Å². The third-order valence-corrected chi connectivity index (χ3v) is 3.40. The molecule has 124 valence electrons. The molecule has 6 heteroatoms. The molecule has 2 aromatic carbocycles. The van der Waals surface area contributed by atoms with E-state index in [1.807, 2.05) is 12.1 Å². The first-order chi connectivity index (χ1) is 10.7. The second kappa shape index (κ2) is 9.27. The maximum Gasteiger partial charge on any atom is 0.406 e. The van der Waals surface area contributed by atoms with Crippen LogP contribution in [0.15, 0.2) is 60.7 Å². The van der Waals surface area contributed by atoms with E-state index in [1.165, 1.54) is 5.48 Å². The van der Waals surface area contributed by atoms with Gasteiger partial charge in [0.2, 0.25) is 5.60 Å². The molecule has 0 heterocycles. The van der Waals surface area contributed by atoms with E-state index in [-0.39, 0.29) is 12.4 Å². The molecule has 0 saturated heterocycles. The molecular weight excluding hydrogens is 316 g/mol. The van der Waals surface area contributed by atoms with E-state index in [0.29, 0.717) is 24.2 Å². The minimum absolute atomic E-state index is 0. The highest BCUT2D eigenvalue weighted by molar-refractivity contribution is 5.84. The largest absolute Gasteiger partial charge is 1.00 e. The minimum atomic E-state index is -1.83. The first-order valence-corrected chi connectivity index (χ1v) is 7.26. The van der Waals surface area contributed by atoms with Gasteiger partial charge >= 0.3 is 5.97 Å². The van der Waals surface area contributed by atoms with Gasteiger partial charge < -0.3 is 23.2 Å².